The third kappa shape index (κ3) is 7.03. The lowest BCUT2D eigenvalue weighted by molar-refractivity contribution is -0.145. The average molecular weight is 464 g/mol. The number of carbonyl (C=O) groups is 4. The van der Waals surface area contributed by atoms with Crippen molar-refractivity contribution in [3.05, 3.63) is 77.9 Å². The van der Waals surface area contributed by atoms with Crippen LogP contribution < -0.4 is 10.6 Å². The summed E-state index contributed by atoms with van der Waals surface area (Å²) in [5.74, 6) is -1.73. The highest BCUT2D eigenvalue weighted by atomic mass is 16.5. The maximum atomic E-state index is 12.7. The lowest BCUT2D eigenvalue weighted by Crippen LogP contribution is -2.50. The molecule has 0 spiro atoms. The van der Waals surface area contributed by atoms with Gasteiger partial charge in [-0.05, 0) is 30.0 Å². The van der Waals surface area contributed by atoms with Crippen LogP contribution in [0.3, 0.4) is 0 Å². The van der Waals surface area contributed by atoms with Gasteiger partial charge in [-0.1, -0.05) is 60.7 Å². The van der Waals surface area contributed by atoms with Gasteiger partial charge in [0.05, 0.1) is 13.7 Å². The number of methoxy groups -OCH3 is 1. The van der Waals surface area contributed by atoms with Crippen LogP contribution in [0, 0.1) is 0 Å². The number of hydrogen-bond acceptors (Lipinski definition) is 5. The molecule has 3 rings (SSSR count). The molecule has 1 aliphatic heterocycles. The molecule has 0 aromatic heterocycles. The van der Waals surface area contributed by atoms with Crippen molar-refractivity contribution in [1.29, 1.82) is 0 Å². The first-order chi connectivity index (χ1) is 16.5. The van der Waals surface area contributed by atoms with E-state index in [1.807, 2.05) is 60.7 Å². The summed E-state index contributed by atoms with van der Waals surface area (Å²) in [5.41, 5.74) is 1.76. The molecule has 8 nitrogen and oxygen atoms in total. The summed E-state index contributed by atoms with van der Waals surface area (Å²) < 4.78 is 4.80. The Kier molecular flexibility index (Phi) is 8.96. The van der Waals surface area contributed by atoms with Gasteiger partial charge in [-0.15, -0.1) is 0 Å². The molecule has 2 aromatic rings. The minimum absolute atomic E-state index is 0.250. The highest BCUT2D eigenvalue weighted by Gasteiger charge is 2.33. The van der Waals surface area contributed by atoms with E-state index in [0.717, 1.165) is 11.1 Å². The van der Waals surface area contributed by atoms with Gasteiger partial charge in [0, 0.05) is 19.0 Å². The van der Waals surface area contributed by atoms with Gasteiger partial charge in [0.15, 0.2) is 0 Å². The Morgan fingerprint density at radius 2 is 1.74 bits per heavy atom. The summed E-state index contributed by atoms with van der Waals surface area (Å²) in [4.78, 5) is 51.4. The molecular weight excluding hydrogens is 434 g/mol. The van der Waals surface area contributed by atoms with E-state index in [0.29, 0.717) is 19.4 Å². The van der Waals surface area contributed by atoms with Crippen LogP contribution >= 0.6 is 0 Å². The summed E-state index contributed by atoms with van der Waals surface area (Å²) in [6.07, 6.45) is 4.67. The number of likely N-dealkylation sites (tertiary alicyclic amines) is 1. The second-order valence-corrected chi connectivity index (χ2v) is 7.98. The maximum absolute atomic E-state index is 12.7. The standard InChI is InChI=1S/C26H29N3O5/c1-34-26(33)21(17-20-11-6-3-7-12-20)28-23(30)18-27-25(32)22-13-8-16-29(22)24(31)15-14-19-9-4-2-5-10-19/h2-7,9-12,14-15,21-22H,8,13,16-18H2,1H3,(H,27,32)(H,28,30)/b15-14+/t21-,22-/m0/s1. The van der Waals surface area contributed by atoms with Crippen LogP contribution in [0.1, 0.15) is 24.0 Å². The summed E-state index contributed by atoms with van der Waals surface area (Å²) >= 11 is 0. The Morgan fingerprint density at radius 3 is 2.41 bits per heavy atom. The van der Waals surface area contributed by atoms with Crippen LogP contribution in [0.2, 0.25) is 0 Å². The SMILES string of the molecule is COC(=O)[C@H](Cc1ccccc1)NC(=O)CNC(=O)[C@@H]1CCCN1C(=O)/C=C/c1ccccc1. The van der Waals surface area contributed by atoms with Crippen LogP contribution in [0.25, 0.3) is 6.08 Å². The van der Waals surface area contributed by atoms with Crippen LogP contribution in [0.4, 0.5) is 0 Å². The Bertz CT molecular complexity index is 1020. The van der Waals surface area contributed by atoms with Crippen molar-refractivity contribution in [1.82, 2.24) is 15.5 Å². The molecule has 0 saturated carbocycles. The molecule has 0 bridgehead atoms. The zero-order valence-corrected chi connectivity index (χ0v) is 19.1. The maximum Gasteiger partial charge on any atom is 0.328 e. The number of amides is 3. The van der Waals surface area contributed by atoms with E-state index in [2.05, 4.69) is 10.6 Å². The average Bonchev–Trinajstić information content (AvgIpc) is 3.36. The Balaban J connectivity index is 1.52. The first-order valence-corrected chi connectivity index (χ1v) is 11.2. The first kappa shape index (κ1) is 24.7. The summed E-state index contributed by atoms with van der Waals surface area (Å²) in [5, 5.41) is 5.20. The molecule has 34 heavy (non-hydrogen) atoms. The minimum Gasteiger partial charge on any atom is -0.467 e. The van der Waals surface area contributed by atoms with E-state index < -0.39 is 29.9 Å². The quantitative estimate of drug-likeness (QED) is 0.435. The summed E-state index contributed by atoms with van der Waals surface area (Å²) in [6.45, 7) is 0.170. The van der Waals surface area contributed by atoms with Gasteiger partial charge in [-0.25, -0.2) is 4.79 Å². The molecule has 1 fully saturated rings. The second kappa shape index (κ2) is 12.3. The lowest BCUT2D eigenvalue weighted by atomic mass is 10.1. The van der Waals surface area contributed by atoms with E-state index in [1.54, 1.807) is 6.08 Å². The van der Waals surface area contributed by atoms with Crippen molar-refractivity contribution in [3.8, 4) is 0 Å². The smallest absolute Gasteiger partial charge is 0.328 e. The number of hydrogen-bond donors (Lipinski definition) is 2. The van der Waals surface area contributed by atoms with E-state index in [4.69, 9.17) is 4.74 Å². The van der Waals surface area contributed by atoms with Gasteiger partial charge in [-0.3, -0.25) is 14.4 Å². The molecule has 0 aliphatic carbocycles. The molecule has 1 saturated heterocycles. The van der Waals surface area contributed by atoms with E-state index >= 15 is 0 Å². The highest BCUT2D eigenvalue weighted by Crippen LogP contribution is 2.18. The van der Waals surface area contributed by atoms with Crippen molar-refractivity contribution < 1.29 is 23.9 Å². The van der Waals surface area contributed by atoms with Gasteiger partial charge >= 0.3 is 5.97 Å². The van der Waals surface area contributed by atoms with Gasteiger partial charge in [0.2, 0.25) is 17.7 Å². The predicted molar refractivity (Wildman–Crippen MR) is 127 cm³/mol. The van der Waals surface area contributed by atoms with Crippen LogP contribution in [-0.4, -0.2) is 60.9 Å². The monoisotopic (exact) mass is 463 g/mol. The topological polar surface area (TPSA) is 105 Å². The van der Waals surface area contributed by atoms with Crippen molar-refractivity contribution >= 4 is 29.8 Å². The summed E-state index contributed by atoms with van der Waals surface area (Å²) in [7, 11) is 1.26. The molecule has 0 unspecified atom stereocenters. The predicted octanol–water partition coefficient (Wildman–Crippen LogP) is 1.71. The molecule has 2 atom stereocenters. The number of esters is 1. The molecular formula is C26H29N3O5. The number of ether oxygens (including phenoxy) is 1. The van der Waals surface area contributed by atoms with Gasteiger partial charge in [0.1, 0.15) is 12.1 Å². The van der Waals surface area contributed by atoms with Gasteiger partial charge in [-0.2, -0.15) is 0 Å². The molecule has 1 aliphatic rings. The molecule has 3 amide bonds. The minimum atomic E-state index is -0.871. The Hall–Kier alpha value is -3.94. The molecule has 2 N–H and O–H groups in total. The molecule has 2 aromatic carbocycles. The lowest BCUT2D eigenvalue weighted by Gasteiger charge is -2.23. The zero-order chi connectivity index (χ0) is 24.3. The van der Waals surface area contributed by atoms with Crippen molar-refractivity contribution in [2.24, 2.45) is 0 Å². The number of benzene rings is 2. The first-order valence-electron chi connectivity index (χ1n) is 11.2. The fraction of sp³-hybridized carbons (Fsp3) is 0.308. The number of rotatable bonds is 9. The third-order valence-corrected chi connectivity index (χ3v) is 5.58. The van der Waals surface area contributed by atoms with E-state index in [1.165, 1.54) is 18.1 Å². The van der Waals surface area contributed by atoms with Crippen molar-refractivity contribution in [3.63, 3.8) is 0 Å². The van der Waals surface area contributed by atoms with Crippen molar-refractivity contribution in [2.75, 3.05) is 20.2 Å². The van der Waals surface area contributed by atoms with Crippen LogP contribution in [0.5, 0.6) is 0 Å². The largest absolute Gasteiger partial charge is 0.467 e. The number of nitrogens with one attached hydrogen (secondary N) is 2. The van der Waals surface area contributed by atoms with E-state index in [9.17, 15) is 19.2 Å². The third-order valence-electron chi connectivity index (χ3n) is 5.58. The second-order valence-electron chi connectivity index (χ2n) is 7.98. The normalized spacial score (nSPS) is 16.1. The van der Waals surface area contributed by atoms with Gasteiger partial charge in [0.25, 0.3) is 0 Å². The van der Waals surface area contributed by atoms with E-state index in [-0.39, 0.29) is 18.9 Å². The van der Waals surface area contributed by atoms with Crippen LogP contribution in [0.15, 0.2) is 66.7 Å². The number of nitrogens with zero attached hydrogens (tertiary/aromatic N) is 1. The summed E-state index contributed by atoms with van der Waals surface area (Å²) in [6, 6.07) is 17.2. The van der Waals surface area contributed by atoms with Crippen molar-refractivity contribution in [2.45, 2.75) is 31.3 Å². The highest BCUT2D eigenvalue weighted by molar-refractivity contribution is 5.97. The zero-order valence-electron chi connectivity index (χ0n) is 19.1. The fourth-order valence-electron chi connectivity index (χ4n) is 3.85. The Labute approximate surface area is 199 Å². The van der Waals surface area contributed by atoms with Gasteiger partial charge < -0.3 is 20.3 Å². The molecule has 178 valence electrons. The molecule has 8 heteroatoms. The fourth-order valence-corrected chi connectivity index (χ4v) is 3.85. The Morgan fingerprint density at radius 1 is 1.06 bits per heavy atom. The number of carbonyl (C=O) groups excluding carboxylic acids is 4. The van der Waals surface area contributed by atoms with Crippen LogP contribution in [-0.2, 0) is 30.3 Å². The molecule has 0 radical (unpaired) electrons. The molecule has 1 heterocycles.